The summed E-state index contributed by atoms with van der Waals surface area (Å²) in [5.41, 5.74) is 5.79. The summed E-state index contributed by atoms with van der Waals surface area (Å²) >= 11 is 0.171. The second-order valence-electron chi connectivity index (χ2n) is 7.64. The summed E-state index contributed by atoms with van der Waals surface area (Å²) in [6.07, 6.45) is 1.60. The van der Waals surface area contributed by atoms with Crippen molar-refractivity contribution >= 4 is 35.2 Å². The third-order valence-corrected chi connectivity index (χ3v) is 7.65. The smallest absolute Gasteiger partial charge is 2.00 e. The van der Waals surface area contributed by atoms with Crippen molar-refractivity contribution in [3.05, 3.63) is 103 Å². The normalized spacial score (nSPS) is 10.9. The number of aryl methyl sites for hydroxylation is 1. The van der Waals surface area contributed by atoms with Crippen molar-refractivity contribution in [2.45, 2.75) is 6.92 Å². The molecule has 0 radical (unpaired) electrons. The van der Waals surface area contributed by atoms with Gasteiger partial charge in [-0.3, -0.25) is 0 Å². The van der Waals surface area contributed by atoms with Gasteiger partial charge in [-0.15, -0.1) is 0 Å². The molecule has 4 aromatic carbocycles. The number of para-hydroxylation sites is 2. The number of rotatable bonds is 4. The second-order valence-corrected chi connectivity index (χ2v) is 9.80. The Morgan fingerprint density at radius 2 is 1.50 bits per heavy atom. The molecule has 6 heteroatoms. The molecule has 0 fully saturated rings. The molecular weight excluding hydrogens is 668 g/mol. The quantitative estimate of drug-likeness (QED) is 0.162. The Hall–Kier alpha value is -3.10. The Bertz CT molecular complexity index is 1600. The van der Waals surface area contributed by atoms with Crippen LogP contribution in [0.15, 0.2) is 85.2 Å². The molecule has 0 atom stereocenters. The van der Waals surface area contributed by atoms with Gasteiger partial charge in [-0.25, -0.2) is 0 Å². The molecule has 34 heavy (non-hydrogen) atoms. The fraction of sp³-hybridized carbons (Fsp3) is 0.0357. The minimum absolute atomic E-state index is 0. The van der Waals surface area contributed by atoms with E-state index in [0.29, 0.717) is 11.5 Å². The van der Waals surface area contributed by atoms with Crippen molar-refractivity contribution in [3.63, 3.8) is 0 Å². The molecule has 0 saturated carbocycles. The van der Waals surface area contributed by atoms with Gasteiger partial charge in [0.15, 0.2) is 0 Å². The van der Waals surface area contributed by atoms with Crippen LogP contribution in [0.1, 0.15) is 5.56 Å². The predicted molar refractivity (Wildman–Crippen MR) is 132 cm³/mol. The van der Waals surface area contributed by atoms with Crippen molar-refractivity contribution in [3.8, 4) is 32.9 Å². The molecule has 0 bridgehead atoms. The van der Waals surface area contributed by atoms with Crippen molar-refractivity contribution in [2.24, 2.45) is 0 Å². The van der Waals surface area contributed by atoms with E-state index >= 15 is 0 Å². The second kappa shape index (κ2) is 9.64. The minimum Gasteiger partial charge on any atom is 2.00 e. The van der Waals surface area contributed by atoms with Crippen LogP contribution in [-0.4, -0.2) is 29.5 Å². The van der Waals surface area contributed by atoms with Gasteiger partial charge in [0.1, 0.15) is 0 Å². The number of benzene rings is 4. The summed E-state index contributed by atoms with van der Waals surface area (Å²) in [4.78, 5) is 13.8. The van der Waals surface area contributed by atoms with Gasteiger partial charge in [0.2, 0.25) is 0 Å². The van der Waals surface area contributed by atoms with Crippen LogP contribution in [0.25, 0.3) is 42.1 Å². The number of hydrogen-bond acceptors (Lipinski definition) is 4. The Balaban J connectivity index is 0.00000241. The van der Waals surface area contributed by atoms with E-state index in [0.717, 1.165) is 43.4 Å². The average Bonchev–Trinajstić information content (AvgIpc) is 3.29. The molecule has 166 valence electrons. The van der Waals surface area contributed by atoms with Gasteiger partial charge in [-0.2, -0.15) is 0 Å². The average molecular weight is 686 g/mol. The molecule has 0 unspecified atom stereocenters. The van der Waals surface area contributed by atoms with Gasteiger partial charge in [-0.1, -0.05) is 6.07 Å². The monoisotopic (exact) mass is 686 g/mol. The minimum atomic E-state index is 0. The SMILES string of the molecule is Cc1cccc2c(-c3[c-]c(Oc4[c-]c(-c5nc6ccccc6[se]5)ccc4)ccc3)ncnc12.[Pt+2]. The van der Waals surface area contributed by atoms with Crippen molar-refractivity contribution in [1.29, 1.82) is 0 Å². The third-order valence-electron chi connectivity index (χ3n) is 5.40. The van der Waals surface area contributed by atoms with Gasteiger partial charge in [0.05, 0.1) is 0 Å². The van der Waals surface area contributed by atoms with Crippen LogP contribution in [0.5, 0.6) is 11.5 Å². The molecule has 6 rings (SSSR count). The van der Waals surface area contributed by atoms with Crippen LogP contribution in [0, 0.1) is 19.1 Å². The molecule has 2 heterocycles. The van der Waals surface area contributed by atoms with E-state index in [2.05, 4.69) is 53.3 Å². The topological polar surface area (TPSA) is 47.9 Å². The van der Waals surface area contributed by atoms with Gasteiger partial charge >= 0.3 is 206 Å². The molecule has 0 aliphatic carbocycles. The van der Waals surface area contributed by atoms with Crippen LogP contribution in [0.2, 0.25) is 0 Å². The van der Waals surface area contributed by atoms with Crippen molar-refractivity contribution < 1.29 is 25.8 Å². The fourth-order valence-electron chi connectivity index (χ4n) is 3.83. The molecule has 2 aromatic heterocycles. The summed E-state index contributed by atoms with van der Waals surface area (Å²) in [5, 5.41) is 1.00. The maximum atomic E-state index is 6.15. The molecule has 4 nitrogen and oxygen atoms in total. The van der Waals surface area contributed by atoms with Crippen LogP contribution in [0.3, 0.4) is 0 Å². The van der Waals surface area contributed by atoms with Gasteiger partial charge in [-0.05, 0) is 6.92 Å². The van der Waals surface area contributed by atoms with E-state index in [9.17, 15) is 0 Å². The zero-order chi connectivity index (χ0) is 22.2. The number of nitrogens with zero attached hydrogens (tertiary/aromatic N) is 3. The standard InChI is InChI=1S/C28H17N3OSe.Pt/c1-18-7-4-12-23-26(18)29-17-30-27(23)19-8-5-10-21(15-19)32-22-11-6-9-20(16-22)28-31-24-13-2-3-14-25(24)33-28;/h2-14,17H,1H3;/q-2;+2. The van der Waals surface area contributed by atoms with Crippen LogP contribution >= 0.6 is 0 Å². The number of fused-ring (bicyclic) bond motifs is 2. The van der Waals surface area contributed by atoms with Crippen molar-refractivity contribution in [1.82, 2.24) is 15.0 Å². The Kier molecular flexibility index (Phi) is 6.43. The van der Waals surface area contributed by atoms with Crippen LogP contribution < -0.4 is 4.74 Å². The maximum Gasteiger partial charge on any atom is 2.00 e. The predicted octanol–water partition coefficient (Wildman–Crippen LogP) is 6.27. The van der Waals surface area contributed by atoms with E-state index in [1.54, 1.807) is 6.33 Å². The summed E-state index contributed by atoms with van der Waals surface area (Å²) < 4.78 is 8.51. The molecule has 0 spiro atoms. The Morgan fingerprint density at radius 3 is 2.32 bits per heavy atom. The molecule has 0 N–H and O–H groups in total. The first-order chi connectivity index (χ1) is 16.2. The Morgan fingerprint density at radius 1 is 0.765 bits per heavy atom. The first-order valence-electron chi connectivity index (χ1n) is 10.5. The summed E-state index contributed by atoms with van der Waals surface area (Å²) in [6.45, 7) is 2.06. The summed E-state index contributed by atoms with van der Waals surface area (Å²) in [5.74, 6) is 1.25. The van der Waals surface area contributed by atoms with Gasteiger partial charge in [0.25, 0.3) is 0 Å². The zero-order valence-electron chi connectivity index (χ0n) is 18.1. The largest absolute Gasteiger partial charge is 2.00 e. The Labute approximate surface area is 217 Å². The summed E-state index contributed by atoms with van der Waals surface area (Å²) in [6, 6.07) is 32.9. The third kappa shape index (κ3) is 4.35. The molecular formula is C28H17N3OPtSe. The van der Waals surface area contributed by atoms with E-state index in [-0.39, 0.29) is 35.6 Å². The first kappa shape index (κ1) is 22.7. The molecule has 6 aromatic rings. The number of ether oxygens (including phenoxy) is 1. The van der Waals surface area contributed by atoms with E-state index in [1.807, 2.05) is 54.6 Å². The molecule has 0 aliphatic heterocycles. The van der Waals surface area contributed by atoms with E-state index in [1.165, 1.54) is 4.26 Å². The summed E-state index contributed by atoms with van der Waals surface area (Å²) in [7, 11) is 0. The zero-order valence-corrected chi connectivity index (χ0v) is 22.0. The number of aromatic nitrogens is 3. The molecule has 0 amide bonds. The van der Waals surface area contributed by atoms with Gasteiger partial charge < -0.3 is 0 Å². The number of hydrogen-bond donors (Lipinski definition) is 0. The van der Waals surface area contributed by atoms with E-state index < -0.39 is 0 Å². The first-order valence-corrected chi connectivity index (χ1v) is 12.2. The van der Waals surface area contributed by atoms with Gasteiger partial charge in [0, 0.05) is 0 Å². The van der Waals surface area contributed by atoms with Crippen molar-refractivity contribution in [2.75, 3.05) is 0 Å². The molecule has 0 saturated heterocycles. The van der Waals surface area contributed by atoms with Crippen LogP contribution in [-0.2, 0) is 21.1 Å². The molecule has 0 aliphatic rings. The maximum absolute atomic E-state index is 6.15. The van der Waals surface area contributed by atoms with E-state index in [4.69, 9.17) is 9.72 Å². The van der Waals surface area contributed by atoms with Crippen LogP contribution in [0.4, 0.5) is 0 Å². The fourth-order valence-corrected chi connectivity index (χ4v) is 5.82.